The minimum absolute atomic E-state index is 0.307. The molecule has 0 fully saturated rings. The predicted octanol–water partition coefficient (Wildman–Crippen LogP) is 3.65. The monoisotopic (exact) mass is 308 g/mol. The highest BCUT2D eigenvalue weighted by molar-refractivity contribution is 9.10. The zero-order chi connectivity index (χ0) is 11.7. The van der Waals surface area contributed by atoms with E-state index in [4.69, 9.17) is 0 Å². The van der Waals surface area contributed by atoms with Gasteiger partial charge < -0.3 is 9.13 Å². The Morgan fingerprint density at radius 2 is 1.53 bits per heavy atom. The van der Waals surface area contributed by atoms with E-state index in [0.717, 1.165) is 9.78 Å². The molecule has 0 saturated carbocycles. The summed E-state index contributed by atoms with van der Waals surface area (Å²) in [6.45, 7) is 5.07. The van der Waals surface area contributed by atoms with Gasteiger partial charge in [0.1, 0.15) is 7.14 Å². The van der Waals surface area contributed by atoms with Crippen LogP contribution in [0.4, 0.5) is 0 Å². The second-order valence-corrected chi connectivity index (χ2v) is 12.2. The molecule has 1 aromatic carbocycles. The molecule has 0 radical (unpaired) electrons. The first-order valence-electron chi connectivity index (χ1n) is 4.57. The number of hydrogen-bond acceptors (Lipinski definition) is 2. The molecule has 0 amide bonds. The van der Waals surface area contributed by atoms with Gasteiger partial charge in [-0.2, -0.15) is 0 Å². The summed E-state index contributed by atoms with van der Waals surface area (Å²) < 4.78 is 25.0. The normalized spacial score (nSPS) is 16.0. The Labute approximate surface area is 99.3 Å². The summed E-state index contributed by atoms with van der Waals surface area (Å²) in [6.07, 6.45) is 0. The highest BCUT2D eigenvalue weighted by Gasteiger charge is 2.24. The third-order valence-corrected chi connectivity index (χ3v) is 8.79. The first-order chi connectivity index (χ1) is 6.71. The van der Waals surface area contributed by atoms with E-state index < -0.39 is 14.3 Å². The number of benzene rings is 1. The van der Waals surface area contributed by atoms with Gasteiger partial charge in [-0.15, -0.1) is 0 Å². The topological polar surface area (TPSA) is 34.1 Å². The van der Waals surface area contributed by atoms with E-state index in [9.17, 15) is 9.13 Å². The van der Waals surface area contributed by atoms with Gasteiger partial charge in [-0.05, 0) is 32.1 Å². The lowest BCUT2D eigenvalue weighted by Crippen LogP contribution is -2.06. The van der Waals surface area contributed by atoms with E-state index in [-0.39, 0.29) is 0 Å². The summed E-state index contributed by atoms with van der Waals surface area (Å²) in [7, 11) is -4.71. The van der Waals surface area contributed by atoms with Crippen molar-refractivity contribution in [3.05, 3.63) is 28.7 Å². The molecular formula is C10H15BrO2P2. The van der Waals surface area contributed by atoms with Crippen LogP contribution in [0.2, 0.25) is 0 Å². The van der Waals surface area contributed by atoms with E-state index in [2.05, 4.69) is 15.9 Å². The summed E-state index contributed by atoms with van der Waals surface area (Å²) in [5, 5.41) is 0.801. The van der Waals surface area contributed by atoms with Gasteiger partial charge in [-0.3, -0.25) is 0 Å². The Bertz CT molecular complexity index is 433. The molecule has 0 aliphatic carbocycles. The van der Waals surface area contributed by atoms with Gasteiger partial charge >= 0.3 is 0 Å². The van der Waals surface area contributed by atoms with Crippen molar-refractivity contribution in [2.45, 2.75) is 0 Å². The van der Waals surface area contributed by atoms with Gasteiger partial charge in [-0.1, -0.05) is 28.1 Å². The molecule has 84 valence electrons. The third-order valence-electron chi connectivity index (χ3n) is 1.98. The van der Waals surface area contributed by atoms with Crippen molar-refractivity contribution < 1.29 is 9.13 Å². The molecule has 0 heterocycles. The van der Waals surface area contributed by atoms with Gasteiger partial charge in [0, 0.05) is 9.78 Å². The molecule has 15 heavy (non-hydrogen) atoms. The zero-order valence-electron chi connectivity index (χ0n) is 9.11. The van der Waals surface area contributed by atoms with Gasteiger partial charge in [0.2, 0.25) is 0 Å². The van der Waals surface area contributed by atoms with Crippen molar-refractivity contribution in [3.63, 3.8) is 0 Å². The third kappa shape index (κ3) is 4.26. The largest absolute Gasteiger partial charge is 0.324 e. The second-order valence-electron chi connectivity index (χ2n) is 4.29. The van der Waals surface area contributed by atoms with Gasteiger partial charge in [-0.25, -0.2) is 0 Å². The van der Waals surface area contributed by atoms with E-state index in [1.54, 1.807) is 20.0 Å². The van der Waals surface area contributed by atoms with E-state index in [1.165, 1.54) is 0 Å². The Morgan fingerprint density at radius 1 is 1.07 bits per heavy atom. The molecule has 1 aromatic rings. The quantitative estimate of drug-likeness (QED) is 0.799. The van der Waals surface area contributed by atoms with Crippen LogP contribution in [-0.2, 0) is 9.13 Å². The van der Waals surface area contributed by atoms with E-state index in [1.807, 2.05) is 24.3 Å². The standard InChI is InChI=1S/C10H15BrO2P2/c1-14(2,12)8-15(3,13)10-6-4-9(11)5-7-10/h4-7H,8H2,1-3H3. The molecule has 0 aliphatic rings. The van der Waals surface area contributed by atoms with Crippen LogP contribution in [0.15, 0.2) is 28.7 Å². The molecule has 0 bridgehead atoms. The fourth-order valence-electron chi connectivity index (χ4n) is 1.49. The van der Waals surface area contributed by atoms with Crippen LogP contribution in [0.25, 0.3) is 0 Å². The molecule has 0 aromatic heterocycles. The minimum Gasteiger partial charge on any atom is -0.324 e. The van der Waals surface area contributed by atoms with E-state index >= 15 is 0 Å². The maximum Gasteiger partial charge on any atom is 0.119 e. The Balaban J connectivity index is 3.01. The summed E-state index contributed by atoms with van der Waals surface area (Å²) in [4.78, 5) is 0. The molecule has 1 atom stereocenters. The van der Waals surface area contributed by atoms with Gasteiger partial charge in [0.05, 0.1) is 13.0 Å². The fraction of sp³-hybridized carbons (Fsp3) is 0.400. The molecule has 1 rings (SSSR count). The Kier molecular flexibility index (Phi) is 4.03. The van der Waals surface area contributed by atoms with Crippen molar-refractivity contribution in [2.75, 3.05) is 25.9 Å². The molecule has 2 nitrogen and oxygen atoms in total. The van der Waals surface area contributed by atoms with Crippen molar-refractivity contribution in [1.29, 1.82) is 0 Å². The predicted molar refractivity (Wildman–Crippen MR) is 71.6 cm³/mol. The second kappa shape index (κ2) is 4.57. The van der Waals surface area contributed by atoms with Crippen molar-refractivity contribution in [3.8, 4) is 0 Å². The van der Waals surface area contributed by atoms with Crippen LogP contribution in [-0.4, -0.2) is 25.9 Å². The fourth-order valence-corrected chi connectivity index (χ4v) is 8.38. The highest BCUT2D eigenvalue weighted by Crippen LogP contribution is 2.54. The van der Waals surface area contributed by atoms with Gasteiger partial charge in [0.25, 0.3) is 0 Å². The molecular weight excluding hydrogens is 294 g/mol. The van der Waals surface area contributed by atoms with Crippen LogP contribution >= 0.6 is 30.2 Å². The molecule has 0 spiro atoms. The number of hydrogen-bond donors (Lipinski definition) is 0. The van der Waals surface area contributed by atoms with Crippen molar-refractivity contribution in [2.24, 2.45) is 0 Å². The number of rotatable bonds is 3. The van der Waals surface area contributed by atoms with Gasteiger partial charge in [0.15, 0.2) is 0 Å². The van der Waals surface area contributed by atoms with Crippen LogP contribution in [0, 0.1) is 0 Å². The lowest BCUT2D eigenvalue weighted by atomic mass is 10.4. The average Bonchev–Trinajstić information content (AvgIpc) is 2.00. The molecule has 0 N–H and O–H groups in total. The first-order valence-corrected chi connectivity index (χ1v) is 10.5. The summed E-state index contributed by atoms with van der Waals surface area (Å²) >= 11 is 3.33. The maximum atomic E-state index is 12.4. The summed E-state index contributed by atoms with van der Waals surface area (Å²) in [6, 6.07) is 7.39. The lowest BCUT2D eigenvalue weighted by molar-refractivity contribution is 0.578. The average molecular weight is 309 g/mol. The van der Waals surface area contributed by atoms with Crippen LogP contribution < -0.4 is 5.30 Å². The number of halogens is 1. The van der Waals surface area contributed by atoms with Crippen LogP contribution in [0.1, 0.15) is 0 Å². The smallest absolute Gasteiger partial charge is 0.119 e. The molecule has 1 unspecified atom stereocenters. The SMILES string of the molecule is CP(C)(=O)CP(C)(=O)c1ccc(Br)cc1. The molecule has 0 aliphatic heterocycles. The van der Waals surface area contributed by atoms with E-state index in [0.29, 0.717) is 5.90 Å². The molecule has 0 saturated heterocycles. The lowest BCUT2D eigenvalue weighted by Gasteiger charge is -2.16. The highest BCUT2D eigenvalue weighted by atomic mass is 79.9. The van der Waals surface area contributed by atoms with Crippen LogP contribution in [0.3, 0.4) is 0 Å². The van der Waals surface area contributed by atoms with Crippen molar-refractivity contribution in [1.82, 2.24) is 0 Å². The van der Waals surface area contributed by atoms with Crippen LogP contribution in [0.5, 0.6) is 0 Å². The Morgan fingerprint density at radius 3 is 1.93 bits per heavy atom. The van der Waals surface area contributed by atoms with Crippen molar-refractivity contribution >= 4 is 35.5 Å². The first kappa shape index (κ1) is 13.2. The Hall–Kier alpha value is 0.160. The maximum absolute atomic E-state index is 12.4. The summed E-state index contributed by atoms with van der Waals surface area (Å²) in [5.74, 6) is 0.307. The minimum atomic E-state index is -2.47. The zero-order valence-corrected chi connectivity index (χ0v) is 12.5. The summed E-state index contributed by atoms with van der Waals surface area (Å²) in [5.41, 5.74) is 0. The molecule has 5 heteroatoms.